The van der Waals surface area contributed by atoms with Gasteiger partial charge in [-0.25, -0.2) is 4.98 Å². The number of fused-ring (bicyclic) bond motifs is 1. The molecule has 1 saturated carbocycles. The molecule has 1 aliphatic carbocycles. The van der Waals surface area contributed by atoms with Gasteiger partial charge in [0.1, 0.15) is 5.82 Å². The number of nitrogens with zero attached hydrogens (tertiary/aromatic N) is 2. The lowest BCUT2D eigenvalue weighted by atomic mass is 10.2. The van der Waals surface area contributed by atoms with Gasteiger partial charge < -0.3 is 4.57 Å². The Balaban J connectivity index is 1.90. The number of hydrogen-bond donors (Lipinski definition) is 0. The molecule has 0 amide bonds. The first-order valence-electron chi connectivity index (χ1n) is 6.95. The van der Waals surface area contributed by atoms with Crippen LogP contribution in [-0.4, -0.2) is 9.55 Å². The average molecular weight is 389 g/mol. The van der Waals surface area contributed by atoms with Crippen molar-refractivity contribution in [3.8, 4) is 0 Å². The van der Waals surface area contributed by atoms with Gasteiger partial charge in [-0.05, 0) is 66.5 Å². The fourth-order valence-electron chi connectivity index (χ4n) is 2.60. The highest BCUT2D eigenvalue weighted by Gasteiger charge is 2.21. The Bertz CT molecular complexity index is 587. The molecule has 1 unspecified atom stereocenters. The van der Waals surface area contributed by atoms with E-state index in [1.165, 1.54) is 34.8 Å². The first-order chi connectivity index (χ1) is 9.15. The zero-order valence-corrected chi connectivity index (χ0v) is 14.0. The second-order valence-electron chi connectivity index (χ2n) is 5.46. The molecule has 19 heavy (non-hydrogen) atoms. The van der Waals surface area contributed by atoms with Crippen LogP contribution in [0.1, 0.15) is 43.8 Å². The molecule has 1 heterocycles. The van der Waals surface area contributed by atoms with E-state index in [0.29, 0.717) is 0 Å². The lowest BCUT2D eigenvalue weighted by Crippen LogP contribution is -2.05. The van der Waals surface area contributed by atoms with Crippen molar-refractivity contribution >= 4 is 45.2 Å². The molecule has 0 N–H and O–H groups in total. The molecular weight excluding hydrogens is 371 g/mol. The highest BCUT2D eigenvalue weighted by atomic mass is 127. The van der Waals surface area contributed by atoms with Crippen molar-refractivity contribution in [1.82, 2.24) is 9.55 Å². The van der Waals surface area contributed by atoms with Gasteiger partial charge in [0.2, 0.25) is 0 Å². The molecule has 3 rings (SSSR count). The number of imidazole rings is 1. The summed E-state index contributed by atoms with van der Waals surface area (Å²) in [5.74, 6) is 2.00. The van der Waals surface area contributed by atoms with Crippen LogP contribution in [0.2, 0.25) is 0 Å². The molecule has 1 aromatic heterocycles. The largest absolute Gasteiger partial charge is 0.327 e. The van der Waals surface area contributed by atoms with Crippen molar-refractivity contribution in [2.75, 3.05) is 0 Å². The van der Waals surface area contributed by atoms with Crippen molar-refractivity contribution in [2.24, 2.45) is 5.92 Å². The van der Waals surface area contributed by atoms with E-state index in [2.05, 4.69) is 45.4 Å². The van der Waals surface area contributed by atoms with Gasteiger partial charge in [-0.3, -0.25) is 0 Å². The number of benzene rings is 1. The van der Waals surface area contributed by atoms with Crippen molar-refractivity contribution in [3.05, 3.63) is 27.6 Å². The smallest absolute Gasteiger partial charge is 0.127 e. The van der Waals surface area contributed by atoms with Gasteiger partial charge in [0, 0.05) is 10.1 Å². The fraction of sp³-hybridized carbons (Fsp3) is 0.533. The third kappa shape index (κ3) is 3.07. The van der Waals surface area contributed by atoms with Gasteiger partial charge in [0.15, 0.2) is 0 Å². The van der Waals surface area contributed by atoms with Gasteiger partial charge in [0.25, 0.3) is 0 Å². The summed E-state index contributed by atoms with van der Waals surface area (Å²) in [7, 11) is 0. The van der Waals surface area contributed by atoms with Crippen LogP contribution in [0.15, 0.2) is 18.2 Å². The van der Waals surface area contributed by atoms with Crippen LogP contribution in [-0.2, 0) is 6.54 Å². The van der Waals surface area contributed by atoms with Crippen molar-refractivity contribution < 1.29 is 0 Å². The molecule has 102 valence electrons. The summed E-state index contributed by atoms with van der Waals surface area (Å²) < 4.78 is 3.53. The van der Waals surface area contributed by atoms with Crippen LogP contribution in [0.5, 0.6) is 0 Å². The maximum atomic E-state index is 6.29. The van der Waals surface area contributed by atoms with Gasteiger partial charge in [-0.1, -0.05) is 12.8 Å². The van der Waals surface area contributed by atoms with Gasteiger partial charge in [-0.2, -0.15) is 0 Å². The van der Waals surface area contributed by atoms with E-state index >= 15 is 0 Å². The zero-order chi connectivity index (χ0) is 13.4. The Hall–Kier alpha value is -0.290. The highest BCUT2D eigenvalue weighted by molar-refractivity contribution is 14.1. The van der Waals surface area contributed by atoms with Crippen molar-refractivity contribution in [1.29, 1.82) is 0 Å². The molecule has 2 nitrogen and oxygen atoms in total. The number of rotatable bonds is 5. The summed E-state index contributed by atoms with van der Waals surface area (Å²) in [6.07, 6.45) is 5.45. The Morgan fingerprint density at radius 3 is 2.95 bits per heavy atom. The SMILES string of the molecule is CC(Cl)c1nc2cc(I)ccc2n1CCCC1CC1. The summed E-state index contributed by atoms with van der Waals surface area (Å²) in [6.45, 7) is 3.05. The van der Waals surface area contributed by atoms with E-state index in [0.717, 1.165) is 23.8 Å². The molecule has 4 heteroatoms. The summed E-state index contributed by atoms with van der Waals surface area (Å²) in [5.41, 5.74) is 2.29. The third-order valence-electron chi connectivity index (χ3n) is 3.79. The third-order valence-corrected chi connectivity index (χ3v) is 4.65. The van der Waals surface area contributed by atoms with Gasteiger partial charge >= 0.3 is 0 Å². The number of aryl methyl sites for hydroxylation is 1. The van der Waals surface area contributed by atoms with Crippen LogP contribution >= 0.6 is 34.2 Å². The van der Waals surface area contributed by atoms with Crippen molar-refractivity contribution in [2.45, 2.75) is 44.5 Å². The lowest BCUT2D eigenvalue weighted by molar-refractivity contribution is 0.569. The van der Waals surface area contributed by atoms with E-state index < -0.39 is 0 Å². The minimum atomic E-state index is -0.0361. The minimum absolute atomic E-state index is 0.0361. The van der Waals surface area contributed by atoms with E-state index in [1.54, 1.807) is 0 Å². The van der Waals surface area contributed by atoms with E-state index in [1.807, 2.05) is 6.92 Å². The first kappa shape index (κ1) is 13.7. The maximum Gasteiger partial charge on any atom is 0.127 e. The first-order valence-corrected chi connectivity index (χ1v) is 8.46. The summed E-state index contributed by atoms with van der Waals surface area (Å²) in [5, 5.41) is -0.0361. The zero-order valence-electron chi connectivity index (χ0n) is 11.1. The standard InChI is InChI=1S/C15H18ClIN2/c1-10(16)15-18-13-9-12(17)6-7-14(13)19(15)8-2-3-11-4-5-11/h6-7,9-11H,2-5,8H2,1H3. The monoisotopic (exact) mass is 388 g/mol. The average Bonchev–Trinajstić information content (AvgIpc) is 3.11. The number of hydrogen-bond acceptors (Lipinski definition) is 1. The van der Waals surface area contributed by atoms with E-state index in [9.17, 15) is 0 Å². The Kier molecular flexibility index (Phi) is 4.03. The van der Waals surface area contributed by atoms with Crippen LogP contribution in [0, 0.1) is 9.49 Å². The predicted molar refractivity (Wildman–Crippen MR) is 88.7 cm³/mol. The Morgan fingerprint density at radius 1 is 1.47 bits per heavy atom. The minimum Gasteiger partial charge on any atom is -0.327 e. The quantitative estimate of drug-likeness (QED) is 0.513. The molecule has 1 aliphatic rings. The number of alkyl halides is 1. The molecule has 0 radical (unpaired) electrons. The second-order valence-corrected chi connectivity index (χ2v) is 7.36. The van der Waals surface area contributed by atoms with Crippen LogP contribution in [0.3, 0.4) is 0 Å². The Labute approximate surface area is 132 Å². The summed E-state index contributed by atoms with van der Waals surface area (Å²) in [6, 6.07) is 6.45. The summed E-state index contributed by atoms with van der Waals surface area (Å²) >= 11 is 8.62. The molecule has 0 saturated heterocycles. The maximum absolute atomic E-state index is 6.29. The predicted octanol–water partition coefficient (Wildman–Crippen LogP) is 5.13. The fourth-order valence-corrected chi connectivity index (χ4v) is 3.25. The van der Waals surface area contributed by atoms with Crippen molar-refractivity contribution in [3.63, 3.8) is 0 Å². The van der Waals surface area contributed by atoms with E-state index in [-0.39, 0.29) is 5.38 Å². The van der Waals surface area contributed by atoms with E-state index in [4.69, 9.17) is 16.6 Å². The molecule has 2 aromatic rings. The second kappa shape index (κ2) is 5.60. The van der Waals surface area contributed by atoms with Gasteiger partial charge in [0.05, 0.1) is 16.4 Å². The molecular formula is C15H18ClIN2. The van der Waals surface area contributed by atoms with Crippen LogP contribution in [0.25, 0.3) is 11.0 Å². The summed E-state index contributed by atoms with van der Waals surface area (Å²) in [4.78, 5) is 4.71. The molecule has 1 aromatic carbocycles. The molecule has 0 aliphatic heterocycles. The normalized spacial score (nSPS) is 17.0. The van der Waals surface area contributed by atoms with Crippen LogP contribution in [0.4, 0.5) is 0 Å². The topological polar surface area (TPSA) is 17.8 Å². The molecule has 1 fully saturated rings. The van der Waals surface area contributed by atoms with Gasteiger partial charge in [-0.15, -0.1) is 11.6 Å². The number of halogens is 2. The number of aromatic nitrogens is 2. The molecule has 0 spiro atoms. The molecule has 0 bridgehead atoms. The Morgan fingerprint density at radius 2 is 2.26 bits per heavy atom. The lowest BCUT2D eigenvalue weighted by Gasteiger charge is -2.10. The highest BCUT2D eigenvalue weighted by Crippen LogP contribution is 2.34. The molecule has 1 atom stereocenters. The van der Waals surface area contributed by atoms with Crippen LogP contribution < -0.4 is 0 Å².